The molecule has 1 aliphatic heterocycles. The van der Waals surface area contributed by atoms with Crippen molar-refractivity contribution in [3.63, 3.8) is 0 Å². The van der Waals surface area contributed by atoms with Crippen molar-refractivity contribution < 1.29 is 14.3 Å². The number of carbonyl (C=O) groups is 2. The molecule has 166 valence electrons. The van der Waals surface area contributed by atoms with Gasteiger partial charge in [0.15, 0.2) is 5.82 Å². The van der Waals surface area contributed by atoms with Crippen LogP contribution < -0.4 is 20.3 Å². The summed E-state index contributed by atoms with van der Waals surface area (Å²) < 4.78 is 5.11. The van der Waals surface area contributed by atoms with Crippen LogP contribution >= 0.6 is 11.8 Å². The van der Waals surface area contributed by atoms with Gasteiger partial charge in [0.25, 0.3) is 0 Å². The fraction of sp³-hybridized carbons (Fsp3) is 0.455. The fourth-order valence-corrected chi connectivity index (χ4v) is 3.98. The number of anilines is 2. The molecule has 2 heterocycles. The quantitative estimate of drug-likeness (QED) is 0.575. The van der Waals surface area contributed by atoms with Crippen molar-refractivity contribution in [2.45, 2.75) is 31.2 Å². The molecule has 1 aromatic heterocycles. The number of hydrogen-bond donors (Lipinski definition) is 2. The minimum Gasteiger partial charge on any atom is -0.497 e. The van der Waals surface area contributed by atoms with E-state index in [1.165, 1.54) is 11.8 Å². The highest BCUT2D eigenvalue weighted by molar-refractivity contribution is 7.99. The molecule has 0 saturated carbocycles. The summed E-state index contributed by atoms with van der Waals surface area (Å²) in [5, 5.41) is 15.1. The lowest BCUT2D eigenvalue weighted by molar-refractivity contribution is -0.125. The molecular weight excluding hydrogens is 414 g/mol. The highest BCUT2D eigenvalue weighted by Gasteiger charge is 2.26. The van der Waals surface area contributed by atoms with E-state index in [0.29, 0.717) is 18.1 Å². The largest absolute Gasteiger partial charge is 0.497 e. The molecule has 1 aromatic carbocycles. The molecule has 0 bridgehead atoms. The minimum absolute atomic E-state index is 0.0159. The average molecular weight is 444 g/mol. The summed E-state index contributed by atoms with van der Waals surface area (Å²) in [6.07, 6.45) is 2.79. The average Bonchev–Trinajstić information content (AvgIpc) is 2.82. The first-order chi connectivity index (χ1) is 15.1. The van der Waals surface area contributed by atoms with E-state index in [0.717, 1.165) is 43.1 Å². The molecule has 2 amide bonds. The first kappa shape index (κ1) is 22.9. The van der Waals surface area contributed by atoms with Crippen LogP contribution in [0.25, 0.3) is 0 Å². The molecule has 2 N–H and O–H groups in total. The van der Waals surface area contributed by atoms with Gasteiger partial charge in [-0.25, -0.2) is 0 Å². The van der Waals surface area contributed by atoms with Crippen LogP contribution in [0.4, 0.5) is 11.5 Å². The Hall–Kier alpha value is -2.81. The van der Waals surface area contributed by atoms with E-state index >= 15 is 0 Å². The van der Waals surface area contributed by atoms with Crippen LogP contribution in [0.3, 0.4) is 0 Å². The monoisotopic (exact) mass is 443 g/mol. The molecule has 31 heavy (non-hydrogen) atoms. The summed E-state index contributed by atoms with van der Waals surface area (Å²) in [5.41, 5.74) is 0.718. The molecule has 1 atom stereocenters. The molecule has 1 aliphatic rings. The Balaban J connectivity index is 1.48. The molecule has 3 rings (SSSR count). The van der Waals surface area contributed by atoms with Crippen molar-refractivity contribution in [3.8, 4) is 5.75 Å². The molecule has 0 radical (unpaired) electrons. The Bertz CT molecular complexity index is 860. The standard InChI is InChI=1S/C22H29N5O3S/c1-3-12-23-22(29)16-5-4-13-27(14-16)19-10-11-21(26-25-19)31-15-20(28)24-17-6-8-18(30-2)9-7-17/h6-11,16H,3-5,12-15H2,1-2H3,(H,23,29)(H,24,28). The Morgan fingerprint density at radius 2 is 2.00 bits per heavy atom. The van der Waals surface area contributed by atoms with Gasteiger partial charge in [0.2, 0.25) is 11.8 Å². The maximum absolute atomic E-state index is 12.3. The summed E-state index contributed by atoms with van der Waals surface area (Å²) in [6, 6.07) is 11.0. The number of nitrogens with zero attached hydrogens (tertiary/aromatic N) is 3. The normalized spacial score (nSPS) is 15.9. The topological polar surface area (TPSA) is 96.5 Å². The number of nitrogens with one attached hydrogen (secondary N) is 2. The molecule has 0 aliphatic carbocycles. The van der Waals surface area contributed by atoms with Gasteiger partial charge in [-0.3, -0.25) is 9.59 Å². The zero-order chi connectivity index (χ0) is 22.1. The number of amides is 2. The van der Waals surface area contributed by atoms with Crippen molar-refractivity contribution in [1.82, 2.24) is 15.5 Å². The van der Waals surface area contributed by atoms with Crippen LogP contribution in [0.1, 0.15) is 26.2 Å². The fourth-order valence-electron chi connectivity index (χ4n) is 3.36. The number of piperidine rings is 1. The second-order valence-corrected chi connectivity index (χ2v) is 8.37. The lowest BCUT2D eigenvalue weighted by atomic mass is 9.97. The maximum atomic E-state index is 12.3. The zero-order valence-electron chi connectivity index (χ0n) is 18.0. The predicted molar refractivity (Wildman–Crippen MR) is 123 cm³/mol. The van der Waals surface area contributed by atoms with Crippen LogP contribution in [0.15, 0.2) is 41.4 Å². The molecule has 8 nitrogen and oxygen atoms in total. The lowest BCUT2D eigenvalue weighted by Gasteiger charge is -2.32. The highest BCUT2D eigenvalue weighted by Crippen LogP contribution is 2.23. The molecule has 1 fully saturated rings. The number of benzene rings is 1. The van der Waals surface area contributed by atoms with Crippen molar-refractivity contribution in [2.24, 2.45) is 5.92 Å². The number of ether oxygens (including phenoxy) is 1. The van der Waals surface area contributed by atoms with Crippen LogP contribution in [0.5, 0.6) is 5.75 Å². The van der Waals surface area contributed by atoms with Gasteiger partial charge in [0.05, 0.1) is 18.8 Å². The predicted octanol–water partition coefficient (Wildman–Crippen LogP) is 2.96. The van der Waals surface area contributed by atoms with Gasteiger partial charge in [0.1, 0.15) is 10.8 Å². The van der Waals surface area contributed by atoms with E-state index < -0.39 is 0 Å². The van der Waals surface area contributed by atoms with Gasteiger partial charge in [0, 0.05) is 25.3 Å². The van der Waals surface area contributed by atoms with Crippen molar-refractivity contribution in [1.29, 1.82) is 0 Å². The van der Waals surface area contributed by atoms with Crippen LogP contribution in [0, 0.1) is 5.92 Å². The first-order valence-electron chi connectivity index (χ1n) is 10.5. The lowest BCUT2D eigenvalue weighted by Crippen LogP contribution is -2.43. The Kier molecular flexibility index (Phi) is 8.52. The second kappa shape index (κ2) is 11.5. The summed E-state index contributed by atoms with van der Waals surface area (Å²) in [5.74, 6) is 1.73. The van der Waals surface area contributed by atoms with Crippen LogP contribution in [0.2, 0.25) is 0 Å². The number of rotatable bonds is 9. The number of aromatic nitrogens is 2. The van der Waals surface area contributed by atoms with Gasteiger partial charge in [-0.05, 0) is 55.7 Å². The molecule has 9 heteroatoms. The van der Waals surface area contributed by atoms with Gasteiger partial charge < -0.3 is 20.3 Å². The highest BCUT2D eigenvalue weighted by atomic mass is 32.2. The van der Waals surface area contributed by atoms with Gasteiger partial charge in [-0.1, -0.05) is 18.7 Å². The molecule has 1 saturated heterocycles. The van der Waals surface area contributed by atoms with Gasteiger partial charge in [-0.15, -0.1) is 10.2 Å². The third kappa shape index (κ3) is 6.85. The summed E-state index contributed by atoms with van der Waals surface area (Å²) in [7, 11) is 1.60. The van der Waals surface area contributed by atoms with Crippen LogP contribution in [-0.2, 0) is 9.59 Å². The molecular formula is C22H29N5O3S. The van der Waals surface area contributed by atoms with E-state index in [4.69, 9.17) is 4.74 Å². The van der Waals surface area contributed by atoms with Crippen LogP contribution in [-0.4, -0.2) is 54.5 Å². The SMILES string of the molecule is CCCNC(=O)C1CCCN(c2ccc(SCC(=O)Nc3ccc(OC)cc3)nn2)C1. The van der Waals surface area contributed by atoms with Gasteiger partial charge in [-0.2, -0.15) is 0 Å². The smallest absolute Gasteiger partial charge is 0.234 e. The molecule has 2 aromatic rings. The van der Waals surface area contributed by atoms with Crippen molar-refractivity contribution >= 4 is 35.1 Å². The van der Waals surface area contributed by atoms with Crippen molar-refractivity contribution in [2.75, 3.05) is 42.7 Å². The number of thioether (sulfide) groups is 1. The Labute approximate surface area is 187 Å². The van der Waals surface area contributed by atoms with E-state index in [2.05, 4.69) is 25.7 Å². The number of methoxy groups -OCH3 is 1. The number of hydrogen-bond acceptors (Lipinski definition) is 7. The number of carbonyl (C=O) groups excluding carboxylic acids is 2. The second-order valence-electron chi connectivity index (χ2n) is 7.37. The molecule has 0 spiro atoms. The summed E-state index contributed by atoms with van der Waals surface area (Å²) >= 11 is 1.33. The Morgan fingerprint density at radius 1 is 1.19 bits per heavy atom. The van der Waals surface area contributed by atoms with E-state index in [9.17, 15) is 9.59 Å². The molecule has 1 unspecified atom stereocenters. The third-order valence-electron chi connectivity index (χ3n) is 5.02. The Morgan fingerprint density at radius 3 is 2.68 bits per heavy atom. The maximum Gasteiger partial charge on any atom is 0.234 e. The van der Waals surface area contributed by atoms with E-state index in [1.807, 2.05) is 19.1 Å². The first-order valence-corrected chi connectivity index (χ1v) is 11.5. The zero-order valence-corrected chi connectivity index (χ0v) is 18.8. The summed E-state index contributed by atoms with van der Waals surface area (Å²) in [6.45, 7) is 4.28. The van der Waals surface area contributed by atoms with Gasteiger partial charge >= 0.3 is 0 Å². The van der Waals surface area contributed by atoms with Crippen molar-refractivity contribution in [3.05, 3.63) is 36.4 Å². The van der Waals surface area contributed by atoms with E-state index in [-0.39, 0.29) is 23.5 Å². The third-order valence-corrected chi connectivity index (χ3v) is 5.94. The minimum atomic E-state index is -0.113. The van der Waals surface area contributed by atoms with E-state index in [1.54, 1.807) is 31.4 Å². The summed E-state index contributed by atoms with van der Waals surface area (Å²) in [4.78, 5) is 26.6.